The Hall–Kier alpha value is -2.35. The third-order valence-corrected chi connectivity index (χ3v) is 4.68. The van der Waals surface area contributed by atoms with Crippen LogP contribution in [0.25, 0.3) is 0 Å². The molecule has 2 aliphatic carbocycles. The monoisotopic (exact) mass is 348 g/mol. The molecule has 0 spiro atoms. The zero-order valence-electron chi connectivity index (χ0n) is 16.2. The van der Waals surface area contributed by atoms with Gasteiger partial charge in [0, 0.05) is 12.2 Å². The first kappa shape index (κ1) is 20.0. The molecular weight excluding hydrogens is 316 g/mol. The van der Waals surface area contributed by atoms with Crippen LogP contribution in [0.15, 0.2) is 89.7 Å². The van der Waals surface area contributed by atoms with Gasteiger partial charge in [0.05, 0.1) is 0 Å². The number of nitrogens with zero attached hydrogens (tertiary/aromatic N) is 1. The molecule has 0 heterocycles. The first-order valence-electron chi connectivity index (χ1n) is 9.63. The number of allylic oxidation sites excluding steroid dienone is 9. The molecule has 2 unspecified atom stereocenters. The van der Waals surface area contributed by atoms with Crippen LogP contribution in [0.2, 0.25) is 0 Å². The topological polar surface area (TPSA) is 24.4 Å². The molecule has 1 N–H and O–H groups in total. The van der Waals surface area contributed by atoms with Crippen molar-refractivity contribution in [2.24, 2.45) is 16.8 Å². The summed E-state index contributed by atoms with van der Waals surface area (Å²) in [5.41, 5.74) is 3.68. The third kappa shape index (κ3) is 6.87. The predicted octanol–water partition coefficient (Wildman–Crippen LogP) is 6.06. The Kier molecular flexibility index (Phi) is 8.14. The summed E-state index contributed by atoms with van der Waals surface area (Å²) in [6, 6.07) is 0. The molecule has 0 aromatic heterocycles. The van der Waals surface area contributed by atoms with Crippen molar-refractivity contribution in [1.29, 1.82) is 0 Å². The molecule has 0 aliphatic heterocycles. The average Bonchev–Trinajstić information content (AvgIpc) is 2.67. The number of hydrogen-bond donors (Lipinski definition) is 1. The van der Waals surface area contributed by atoms with Crippen LogP contribution in [-0.4, -0.2) is 12.4 Å². The van der Waals surface area contributed by atoms with Gasteiger partial charge in [-0.3, -0.25) is 4.99 Å². The molecule has 0 fully saturated rings. The maximum Gasteiger partial charge on any atom is 0.124 e. The van der Waals surface area contributed by atoms with Gasteiger partial charge in [0.25, 0.3) is 0 Å². The predicted molar refractivity (Wildman–Crippen MR) is 115 cm³/mol. The van der Waals surface area contributed by atoms with Crippen molar-refractivity contribution in [1.82, 2.24) is 5.32 Å². The Morgan fingerprint density at radius 1 is 1.46 bits per heavy atom. The van der Waals surface area contributed by atoms with Crippen molar-refractivity contribution in [3.63, 3.8) is 0 Å². The number of hydrogen-bond acceptors (Lipinski definition) is 1. The van der Waals surface area contributed by atoms with E-state index in [1.807, 2.05) is 6.08 Å². The second-order valence-corrected chi connectivity index (χ2v) is 7.09. The standard InChI is InChI=1S/C24H32N2/c1-5-19(2)13-16-24(26-23-14-11-20(3)12-15-23)25-18-17-21(4)22-9-7-6-8-10-22/h5-7,9,11,13-16,19-20H,1,4,8,10,12,17-18H2,2-3H3,(H,25,26)/b16-13+. The SMILES string of the molecule is C=CC(C)/C=C/C(=NCCC(=C)C1=CC=CCC1)NC1=CCC(C)C=C1. The molecule has 0 saturated carbocycles. The first-order valence-corrected chi connectivity index (χ1v) is 9.63. The fraction of sp³-hybridized carbons (Fsp3) is 0.375. The van der Waals surface area contributed by atoms with Gasteiger partial charge >= 0.3 is 0 Å². The minimum Gasteiger partial charge on any atom is -0.341 e. The third-order valence-electron chi connectivity index (χ3n) is 4.68. The summed E-state index contributed by atoms with van der Waals surface area (Å²) in [6.45, 7) is 13.2. The highest BCUT2D eigenvalue weighted by Gasteiger charge is 2.06. The van der Waals surface area contributed by atoms with Crippen molar-refractivity contribution >= 4 is 5.84 Å². The van der Waals surface area contributed by atoms with Crippen molar-refractivity contribution < 1.29 is 0 Å². The molecule has 2 rings (SSSR count). The first-order chi connectivity index (χ1) is 12.6. The minimum absolute atomic E-state index is 0.326. The van der Waals surface area contributed by atoms with Crippen LogP contribution in [0, 0.1) is 11.8 Å². The maximum absolute atomic E-state index is 4.78. The maximum atomic E-state index is 4.78. The van der Waals surface area contributed by atoms with E-state index < -0.39 is 0 Å². The van der Waals surface area contributed by atoms with Crippen LogP contribution >= 0.6 is 0 Å². The van der Waals surface area contributed by atoms with Crippen molar-refractivity contribution in [3.8, 4) is 0 Å². The highest BCUT2D eigenvalue weighted by Crippen LogP contribution is 2.21. The summed E-state index contributed by atoms with van der Waals surface area (Å²) in [5, 5.41) is 3.46. The molecule has 0 radical (unpaired) electrons. The molecule has 138 valence electrons. The van der Waals surface area contributed by atoms with Gasteiger partial charge in [0.15, 0.2) is 0 Å². The van der Waals surface area contributed by atoms with E-state index in [9.17, 15) is 0 Å². The summed E-state index contributed by atoms with van der Waals surface area (Å²) in [5.74, 6) is 1.83. The molecule has 2 atom stereocenters. The smallest absolute Gasteiger partial charge is 0.124 e. The van der Waals surface area contributed by atoms with Crippen LogP contribution in [0.4, 0.5) is 0 Å². The Bertz CT molecular complexity index is 683. The van der Waals surface area contributed by atoms with E-state index in [2.05, 4.69) is 80.9 Å². The Morgan fingerprint density at radius 2 is 2.31 bits per heavy atom. The van der Waals surface area contributed by atoms with Gasteiger partial charge < -0.3 is 5.32 Å². The second kappa shape index (κ2) is 10.6. The largest absolute Gasteiger partial charge is 0.341 e. The fourth-order valence-corrected chi connectivity index (χ4v) is 2.79. The van der Waals surface area contributed by atoms with Gasteiger partial charge in [-0.2, -0.15) is 0 Å². The number of nitrogens with one attached hydrogen (secondary N) is 1. The van der Waals surface area contributed by atoms with Gasteiger partial charge in [-0.15, -0.1) is 6.58 Å². The molecule has 26 heavy (non-hydrogen) atoms. The lowest BCUT2D eigenvalue weighted by atomic mass is 9.96. The Labute approximate surface area is 159 Å². The molecule has 0 aromatic carbocycles. The highest BCUT2D eigenvalue weighted by molar-refractivity contribution is 5.94. The number of rotatable bonds is 8. The lowest BCUT2D eigenvalue weighted by Crippen LogP contribution is -2.22. The van der Waals surface area contributed by atoms with Gasteiger partial charge in [-0.25, -0.2) is 0 Å². The van der Waals surface area contributed by atoms with Gasteiger partial charge in [0.2, 0.25) is 0 Å². The zero-order valence-corrected chi connectivity index (χ0v) is 16.2. The van der Waals surface area contributed by atoms with Gasteiger partial charge in [-0.1, -0.05) is 68.5 Å². The van der Waals surface area contributed by atoms with Crippen molar-refractivity contribution in [2.45, 2.75) is 39.5 Å². The van der Waals surface area contributed by atoms with Crippen LogP contribution in [-0.2, 0) is 0 Å². The van der Waals surface area contributed by atoms with E-state index in [0.29, 0.717) is 11.8 Å². The van der Waals surface area contributed by atoms with Crippen LogP contribution < -0.4 is 5.32 Å². The highest BCUT2D eigenvalue weighted by atomic mass is 15.0. The molecule has 0 bridgehead atoms. The quantitative estimate of drug-likeness (QED) is 0.322. The van der Waals surface area contributed by atoms with Crippen molar-refractivity contribution in [2.75, 3.05) is 6.54 Å². The average molecular weight is 349 g/mol. The van der Waals surface area contributed by atoms with Crippen molar-refractivity contribution in [3.05, 3.63) is 84.7 Å². The summed E-state index contributed by atoms with van der Waals surface area (Å²) >= 11 is 0. The molecular formula is C24H32N2. The van der Waals surface area contributed by atoms with E-state index >= 15 is 0 Å². The molecule has 0 aromatic rings. The minimum atomic E-state index is 0.326. The number of amidine groups is 1. The van der Waals surface area contributed by atoms with E-state index in [0.717, 1.165) is 43.8 Å². The summed E-state index contributed by atoms with van der Waals surface area (Å²) in [7, 11) is 0. The molecule has 0 saturated heterocycles. The Morgan fingerprint density at radius 3 is 2.96 bits per heavy atom. The van der Waals surface area contributed by atoms with Crippen LogP contribution in [0.5, 0.6) is 0 Å². The molecule has 2 aliphatic rings. The van der Waals surface area contributed by atoms with Crippen LogP contribution in [0.3, 0.4) is 0 Å². The lowest BCUT2D eigenvalue weighted by molar-refractivity contribution is 0.726. The second-order valence-electron chi connectivity index (χ2n) is 7.09. The molecule has 2 nitrogen and oxygen atoms in total. The summed E-state index contributed by atoms with van der Waals surface area (Å²) < 4.78 is 0. The van der Waals surface area contributed by atoms with Gasteiger partial charge in [-0.05, 0) is 55.2 Å². The number of aliphatic imine (C=N–C) groups is 1. The fourth-order valence-electron chi connectivity index (χ4n) is 2.79. The lowest BCUT2D eigenvalue weighted by Gasteiger charge is -2.15. The van der Waals surface area contributed by atoms with E-state index in [4.69, 9.17) is 4.99 Å². The van der Waals surface area contributed by atoms with E-state index in [1.165, 1.54) is 11.1 Å². The molecule has 2 heteroatoms. The van der Waals surface area contributed by atoms with E-state index in [-0.39, 0.29) is 0 Å². The zero-order chi connectivity index (χ0) is 18.8. The summed E-state index contributed by atoms with van der Waals surface area (Å²) in [6.07, 6.45) is 23.4. The summed E-state index contributed by atoms with van der Waals surface area (Å²) in [4.78, 5) is 4.78. The Balaban J connectivity index is 1.98. The normalized spacial score (nSPS) is 21.3. The van der Waals surface area contributed by atoms with Gasteiger partial charge in [0.1, 0.15) is 5.84 Å². The molecule has 0 amide bonds. The van der Waals surface area contributed by atoms with E-state index in [1.54, 1.807) is 0 Å². The van der Waals surface area contributed by atoms with Crippen LogP contribution in [0.1, 0.15) is 39.5 Å².